The van der Waals surface area contributed by atoms with E-state index in [2.05, 4.69) is 31.4 Å². The topological polar surface area (TPSA) is 78.4 Å². The van der Waals surface area contributed by atoms with Gasteiger partial charge in [-0.25, -0.2) is 4.79 Å². The summed E-state index contributed by atoms with van der Waals surface area (Å²) in [7, 11) is 0. The second kappa shape index (κ2) is 8.77. The van der Waals surface area contributed by atoms with Crippen LogP contribution in [0.25, 0.3) is 0 Å². The van der Waals surface area contributed by atoms with E-state index in [1.165, 1.54) is 0 Å². The number of carboxylic acids is 1. The maximum absolute atomic E-state index is 11.5. The summed E-state index contributed by atoms with van der Waals surface area (Å²) in [5.74, 6) is -0.453. The maximum atomic E-state index is 11.5. The van der Waals surface area contributed by atoms with Gasteiger partial charge in [0.05, 0.1) is 0 Å². The third-order valence-electron chi connectivity index (χ3n) is 2.93. The quantitative estimate of drug-likeness (QED) is 0.635. The van der Waals surface area contributed by atoms with Crippen molar-refractivity contribution in [3.63, 3.8) is 0 Å². The van der Waals surface area contributed by atoms with E-state index >= 15 is 0 Å². The van der Waals surface area contributed by atoms with Gasteiger partial charge in [-0.3, -0.25) is 4.79 Å². The van der Waals surface area contributed by atoms with Crippen LogP contribution in [0.1, 0.15) is 53.4 Å². The number of carbonyl (C=O) groups excluding carboxylic acids is 1. The molecule has 0 aliphatic heterocycles. The molecule has 0 aliphatic carbocycles. The Morgan fingerprint density at radius 2 is 1.68 bits per heavy atom. The van der Waals surface area contributed by atoms with Crippen LogP contribution in [-0.2, 0) is 4.79 Å². The lowest BCUT2D eigenvalue weighted by Gasteiger charge is -2.18. The Balaban J connectivity index is 3.55. The van der Waals surface area contributed by atoms with Gasteiger partial charge in [0.2, 0.25) is 0 Å². The van der Waals surface area contributed by atoms with Crippen molar-refractivity contribution in [2.24, 2.45) is 11.3 Å². The Bertz CT molecular complexity index is 285. The molecule has 0 aromatic heterocycles. The molecular weight excluding hydrogens is 244 g/mol. The Morgan fingerprint density at radius 1 is 1.11 bits per heavy atom. The summed E-state index contributed by atoms with van der Waals surface area (Å²) < 4.78 is 0. The van der Waals surface area contributed by atoms with Gasteiger partial charge in [0.15, 0.2) is 0 Å². The first-order chi connectivity index (χ1) is 8.70. The van der Waals surface area contributed by atoms with Gasteiger partial charge in [0.1, 0.15) is 0 Å². The van der Waals surface area contributed by atoms with Crippen LogP contribution >= 0.6 is 0 Å². The van der Waals surface area contributed by atoms with Crippen LogP contribution < -0.4 is 10.6 Å². The largest absolute Gasteiger partial charge is 0.481 e. The van der Waals surface area contributed by atoms with Gasteiger partial charge in [0, 0.05) is 19.5 Å². The fraction of sp³-hybridized carbons (Fsp3) is 0.857. The van der Waals surface area contributed by atoms with E-state index in [4.69, 9.17) is 5.11 Å². The number of urea groups is 1. The fourth-order valence-electron chi connectivity index (χ4n) is 1.56. The molecule has 0 aromatic carbocycles. The Kier molecular flexibility index (Phi) is 8.19. The van der Waals surface area contributed by atoms with Crippen molar-refractivity contribution in [2.75, 3.05) is 13.1 Å². The Morgan fingerprint density at radius 3 is 2.21 bits per heavy atom. The SMILES string of the molecule is CC(CCNC(=O)NCCC(C)(C)C)CCC(=O)O. The molecule has 2 amide bonds. The maximum Gasteiger partial charge on any atom is 0.314 e. The molecule has 1 atom stereocenters. The van der Waals surface area contributed by atoms with Gasteiger partial charge in [-0.05, 0) is 30.6 Å². The van der Waals surface area contributed by atoms with E-state index in [1.54, 1.807) is 0 Å². The number of rotatable bonds is 8. The zero-order valence-electron chi connectivity index (χ0n) is 12.6. The molecule has 3 N–H and O–H groups in total. The van der Waals surface area contributed by atoms with Crippen LogP contribution in [0.15, 0.2) is 0 Å². The predicted octanol–water partition coefficient (Wildman–Crippen LogP) is 2.61. The highest BCUT2D eigenvalue weighted by molar-refractivity contribution is 5.73. The number of carboxylic acid groups (broad SMARTS) is 1. The standard InChI is InChI=1S/C14H28N2O3/c1-11(5-6-12(17)18)7-9-15-13(19)16-10-8-14(2,3)4/h11H,5-10H2,1-4H3,(H,17,18)(H2,15,16,19). The summed E-state index contributed by atoms with van der Waals surface area (Å²) in [5, 5.41) is 14.2. The Labute approximate surface area is 116 Å². The van der Waals surface area contributed by atoms with Crippen LogP contribution in [0.5, 0.6) is 0 Å². The summed E-state index contributed by atoms with van der Waals surface area (Å²) in [6.07, 6.45) is 2.59. The number of hydrogen-bond donors (Lipinski definition) is 3. The minimum atomic E-state index is -0.764. The van der Waals surface area contributed by atoms with Crippen molar-refractivity contribution < 1.29 is 14.7 Å². The third kappa shape index (κ3) is 13.0. The summed E-state index contributed by atoms with van der Waals surface area (Å²) >= 11 is 0. The molecule has 0 aromatic rings. The molecule has 112 valence electrons. The van der Waals surface area contributed by atoms with Crippen molar-refractivity contribution in [3.05, 3.63) is 0 Å². The predicted molar refractivity (Wildman–Crippen MR) is 76.1 cm³/mol. The second-order valence-corrected chi connectivity index (χ2v) is 6.32. The molecule has 19 heavy (non-hydrogen) atoms. The van der Waals surface area contributed by atoms with Gasteiger partial charge in [-0.15, -0.1) is 0 Å². The lowest BCUT2D eigenvalue weighted by Crippen LogP contribution is -2.37. The first-order valence-electron chi connectivity index (χ1n) is 6.94. The van der Waals surface area contributed by atoms with E-state index in [1.807, 2.05) is 6.92 Å². The molecule has 1 unspecified atom stereocenters. The van der Waals surface area contributed by atoms with E-state index < -0.39 is 5.97 Å². The zero-order valence-corrected chi connectivity index (χ0v) is 12.6. The summed E-state index contributed by atoms with van der Waals surface area (Å²) in [5.41, 5.74) is 0.221. The molecule has 0 aliphatic rings. The molecule has 0 spiro atoms. The number of hydrogen-bond acceptors (Lipinski definition) is 2. The first-order valence-corrected chi connectivity index (χ1v) is 6.94. The normalized spacial score (nSPS) is 12.8. The van der Waals surface area contributed by atoms with Crippen LogP contribution in [0.2, 0.25) is 0 Å². The van der Waals surface area contributed by atoms with Gasteiger partial charge >= 0.3 is 12.0 Å². The van der Waals surface area contributed by atoms with Crippen molar-refractivity contribution >= 4 is 12.0 Å². The highest BCUT2D eigenvalue weighted by Gasteiger charge is 2.10. The monoisotopic (exact) mass is 272 g/mol. The van der Waals surface area contributed by atoms with Crippen molar-refractivity contribution in [1.29, 1.82) is 0 Å². The van der Waals surface area contributed by atoms with Crippen LogP contribution in [-0.4, -0.2) is 30.2 Å². The number of amides is 2. The highest BCUT2D eigenvalue weighted by Crippen LogP contribution is 2.16. The minimum absolute atomic E-state index is 0.144. The molecule has 0 saturated carbocycles. The molecule has 0 fully saturated rings. The average Bonchev–Trinajstić information content (AvgIpc) is 2.24. The minimum Gasteiger partial charge on any atom is -0.481 e. The van der Waals surface area contributed by atoms with E-state index in [-0.39, 0.29) is 17.9 Å². The molecule has 0 bridgehead atoms. The van der Waals surface area contributed by atoms with Crippen molar-refractivity contribution in [3.8, 4) is 0 Å². The molecule has 5 nitrogen and oxygen atoms in total. The zero-order chi connectivity index (χ0) is 14.9. The molecule has 5 heteroatoms. The molecule has 0 radical (unpaired) electrons. The number of nitrogens with one attached hydrogen (secondary N) is 2. The second-order valence-electron chi connectivity index (χ2n) is 6.32. The van der Waals surface area contributed by atoms with E-state index in [9.17, 15) is 9.59 Å². The number of carbonyl (C=O) groups is 2. The van der Waals surface area contributed by atoms with Gasteiger partial charge < -0.3 is 15.7 Å². The highest BCUT2D eigenvalue weighted by atomic mass is 16.4. The Hall–Kier alpha value is -1.26. The molecular formula is C14H28N2O3. The first kappa shape index (κ1) is 17.7. The van der Waals surface area contributed by atoms with Crippen molar-refractivity contribution in [2.45, 2.75) is 53.4 Å². The van der Waals surface area contributed by atoms with Crippen LogP contribution in [0, 0.1) is 11.3 Å². The van der Waals surface area contributed by atoms with Gasteiger partial charge in [-0.2, -0.15) is 0 Å². The van der Waals surface area contributed by atoms with Crippen LogP contribution in [0.3, 0.4) is 0 Å². The summed E-state index contributed by atoms with van der Waals surface area (Å²) in [6.45, 7) is 9.66. The molecule has 0 rings (SSSR count). The van der Waals surface area contributed by atoms with Crippen molar-refractivity contribution in [1.82, 2.24) is 10.6 Å². The smallest absolute Gasteiger partial charge is 0.314 e. The summed E-state index contributed by atoms with van der Waals surface area (Å²) in [4.78, 5) is 21.9. The molecule has 0 saturated heterocycles. The van der Waals surface area contributed by atoms with E-state index in [0.717, 1.165) is 12.8 Å². The fourth-order valence-corrected chi connectivity index (χ4v) is 1.56. The number of aliphatic carboxylic acids is 1. The lowest BCUT2D eigenvalue weighted by atomic mass is 9.92. The van der Waals surface area contributed by atoms with E-state index in [0.29, 0.717) is 25.4 Å². The van der Waals surface area contributed by atoms with Gasteiger partial charge in [-0.1, -0.05) is 27.7 Å². The van der Waals surface area contributed by atoms with Gasteiger partial charge in [0.25, 0.3) is 0 Å². The lowest BCUT2D eigenvalue weighted by molar-refractivity contribution is -0.137. The average molecular weight is 272 g/mol. The summed E-state index contributed by atoms with van der Waals surface area (Å²) in [6, 6.07) is -0.144. The molecule has 0 heterocycles. The third-order valence-corrected chi connectivity index (χ3v) is 2.93. The van der Waals surface area contributed by atoms with Crippen LogP contribution in [0.4, 0.5) is 4.79 Å².